The summed E-state index contributed by atoms with van der Waals surface area (Å²) in [6, 6.07) is 19.3. The number of carbonyl (C=O) groups is 1. The molecule has 0 radical (unpaired) electrons. The number of amides is 1. The lowest BCUT2D eigenvalue weighted by molar-refractivity contribution is -0.115. The summed E-state index contributed by atoms with van der Waals surface area (Å²) < 4.78 is 3.30. The maximum Gasteiger partial charge on any atom is 0.295 e. The average Bonchev–Trinajstić information content (AvgIpc) is 2.97. The Kier molecular flexibility index (Phi) is 5.69. The number of nitrogens with zero attached hydrogens (tertiary/aromatic N) is 3. The summed E-state index contributed by atoms with van der Waals surface area (Å²) in [6.45, 7) is 5.68. The van der Waals surface area contributed by atoms with Crippen LogP contribution in [-0.4, -0.2) is 25.5 Å². The van der Waals surface area contributed by atoms with Gasteiger partial charge in [-0.05, 0) is 50.6 Å². The highest BCUT2D eigenvalue weighted by molar-refractivity contribution is 8.00. The number of thioether (sulfide) groups is 1. The van der Waals surface area contributed by atoms with E-state index in [2.05, 4.69) is 10.3 Å². The van der Waals surface area contributed by atoms with Crippen molar-refractivity contribution in [3.05, 3.63) is 82.3 Å². The van der Waals surface area contributed by atoms with Crippen molar-refractivity contribution in [1.82, 2.24) is 14.3 Å². The van der Waals surface area contributed by atoms with Crippen molar-refractivity contribution < 1.29 is 4.79 Å². The highest BCUT2D eigenvalue weighted by Crippen LogP contribution is 2.27. The summed E-state index contributed by atoms with van der Waals surface area (Å²) >= 11 is 1.38. The number of nitrogens with one attached hydrogen (secondary N) is 1. The Labute approximate surface area is 184 Å². The van der Waals surface area contributed by atoms with E-state index in [1.807, 2.05) is 81.4 Å². The van der Waals surface area contributed by atoms with Crippen molar-refractivity contribution in [2.75, 3.05) is 5.32 Å². The molecular formula is C24H24N4O2S. The smallest absolute Gasteiger partial charge is 0.295 e. The summed E-state index contributed by atoms with van der Waals surface area (Å²) in [5, 5.41) is 4.31. The molecule has 1 atom stereocenters. The van der Waals surface area contributed by atoms with Gasteiger partial charge in [-0.3, -0.25) is 14.3 Å². The van der Waals surface area contributed by atoms with Crippen LogP contribution >= 0.6 is 11.8 Å². The number of hydrogen-bond donors (Lipinski definition) is 1. The predicted molar refractivity (Wildman–Crippen MR) is 126 cm³/mol. The average molecular weight is 433 g/mol. The first-order valence-corrected chi connectivity index (χ1v) is 10.9. The van der Waals surface area contributed by atoms with Gasteiger partial charge in [-0.2, -0.15) is 0 Å². The molecule has 0 aliphatic rings. The van der Waals surface area contributed by atoms with Gasteiger partial charge >= 0.3 is 0 Å². The molecule has 0 spiro atoms. The monoisotopic (exact) mass is 432 g/mol. The fourth-order valence-electron chi connectivity index (χ4n) is 3.55. The second-order valence-corrected chi connectivity index (χ2v) is 8.84. The fourth-order valence-corrected chi connectivity index (χ4v) is 4.47. The molecule has 0 unspecified atom stereocenters. The number of hydrogen-bond acceptors (Lipinski definition) is 4. The van der Waals surface area contributed by atoms with Gasteiger partial charge in [0.1, 0.15) is 5.69 Å². The molecule has 0 saturated heterocycles. The molecule has 0 aliphatic carbocycles. The van der Waals surface area contributed by atoms with Crippen LogP contribution in [0.15, 0.2) is 70.5 Å². The highest BCUT2D eigenvalue weighted by atomic mass is 32.2. The molecule has 158 valence electrons. The molecule has 0 bridgehead atoms. The summed E-state index contributed by atoms with van der Waals surface area (Å²) in [5.74, 6) is -0.233. The van der Waals surface area contributed by atoms with Crippen LogP contribution in [0.5, 0.6) is 0 Å². The number of aromatic nitrogens is 3. The van der Waals surface area contributed by atoms with Crippen molar-refractivity contribution in [3.63, 3.8) is 0 Å². The quantitative estimate of drug-likeness (QED) is 0.473. The number of carbonyl (C=O) groups excluding carboxylic acids is 1. The van der Waals surface area contributed by atoms with E-state index in [0.29, 0.717) is 11.4 Å². The van der Waals surface area contributed by atoms with E-state index in [-0.39, 0.29) is 11.5 Å². The van der Waals surface area contributed by atoms with E-state index in [4.69, 9.17) is 0 Å². The first-order chi connectivity index (χ1) is 14.9. The summed E-state index contributed by atoms with van der Waals surface area (Å²) in [6.07, 6.45) is 0. The van der Waals surface area contributed by atoms with Crippen LogP contribution in [0, 0.1) is 13.8 Å². The normalized spacial score (nSPS) is 12.1. The minimum Gasteiger partial charge on any atom is -0.319 e. The molecule has 0 saturated carbocycles. The summed E-state index contributed by atoms with van der Waals surface area (Å²) in [4.78, 5) is 30.6. The molecule has 4 rings (SSSR count). The first-order valence-electron chi connectivity index (χ1n) is 10.0. The second-order valence-electron chi connectivity index (χ2n) is 7.48. The maximum atomic E-state index is 13.0. The van der Waals surface area contributed by atoms with Crippen molar-refractivity contribution in [3.8, 4) is 5.69 Å². The lowest BCUT2D eigenvalue weighted by Gasteiger charge is -2.12. The molecule has 2 heterocycles. The third-order valence-electron chi connectivity index (χ3n) is 5.37. The third kappa shape index (κ3) is 4.01. The molecule has 0 aliphatic heterocycles. The number of rotatable bonds is 5. The maximum absolute atomic E-state index is 13.0. The van der Waals surface area contributed by atoms with Crippen LogP contribution < -0.4 is 10.9 Å². The van der Waals surface area contributed by atoms with Gasteiger partial charge in [-0.15, -0.1) is 0 Å². The van der Waals surface area contributed by atoms with E-state index in [9.17, 15) is 9.59 Å². The van der Waals surface area contributed by atoms with E-state index < -0.39 is 5.25 Å². The molecule has 6 nitrogen and oxygen atoms in total. The minimum absolute atomic E-state index is 0.233. The van der Waals surface area contributed by atoms with Crippen molar-refractivity contribution in [2.24, 2.45) is 7.05 Å². The molecule has 2 aromatic carbocycles. The zero-order chi connectivity index (χ0) is 22.1. The molecule has 4 aromatic rings. The molecule has 31 heavy (non-hydrogen) atoms. The van der Waals surface area contributed by atoms with Crippen LogP contribution in [-0.2, 0) is 11.8 Å². The lowest BCUT2D eigenvalue weighted by atomic mass is 10.1. The Hall–Kier alpha value is -3.32. The zero-order valence-corrected chi connectivity index (χ0v) is 18.7. The lowest BCUT2D eigenvalue weighted by Crippen LogP contribution is -2.27. The molecule has 1 amide bonds. The minimum atomic E-state index is -0.419. The number of fused-ring (bicyclic) bond motifs is 1. The number of pyridine rings is 1. The topological polar surface area (TPSA) is 68.9 Å². The summed E-state index contributed by atoms with van der Waals surface area (Å²) in [5.41, 5.74) is 3.51. The fraction of sp³-hybridized carbons (Fsp3) is 0.208. The van der Waals surface area contributed by atoms with Crippen LogP contribution in [0.4, 0.5) is 5.69 Å². The second kappa shape index (κ2) is 8.43. The Morgan fingerprint density at radius 2 is 1.74 bits per heavy atom. The number of benzene rings is 2. The van der Waals surface area contributed by atoms with Gasteiger partial charge in [-0.1, -0.05) is 48.2 Å². The van der Waals surface area contributed by atoms with Crippen LogP contribution in [0.1, 0.15) is 18.2 Å². The van der Waals surface area contributed by atoms with E-state index in [1.165, 1.54) is 11.8 Å². The SMILES string of the molecule is Cc1cc(S[C@@H](C)C(=O)Nc2c(C)n(C)n(-c3ccccc3)c2=O)nc2ccccc12. The Balaban J connectivity index is 1.57. The van der Waals surface area contributed by atoms with Gasteiger partial charge in [-0.25, -0.2) is 9.67 Å². The standard InChI is InChI=1S/C24H24N4O2S/c1-15-14-21(25-20-13-9-8-12-19(15)20)31-17(3)23(29)26-22-16(2)27(4)28(24(22)30)18-10-6-5-7-11-18/h5-14,17H,1-4H3,(H,26,29)/t17-/m0/s1. The van der Waals surface area contributed by atoms with Crippen LogP contribution in [0.25, 0.3) is 16.6 Å². The number of anilines is 1. The summed E-state index contributed by atoms with van der Waals surface area (Å²) in [7, 11) is 1.80. The molecule has 0 fully saturated rings. The number of para-hydroxylation sites is 2. The van der Waals surface area contributed by atoms with Gasteiger partial charge in [0, 0.05) is 12.4 Å². The zero-order valence-electron chi connectivity index (χ0n) is 17.9. The van der Waals surface area contributed by atoms with Gasteiger partial charge < -0.3 is 5.32 Å². The largest absolute Gasteiger partial charge is 0.319 e. The van der Waals surface area contributed by atoms with Gasteiger partial charge in [0.15, 0.2) is 0 Å². The van der Waals surface area contributed by atoms with Crippen molar-refractivity contribution in [1.29, 1.82) is 0 Å². The Bertz CT molecular complexity index is 1320. The van der Waals surface area contributed by atoms with Gasteiger partial charge in [0.05, 0.1) is 27.2 Å². The third-order valence-corrected chi connectivity index (χ3v) is 6.39. The Morgan fingerprint density at radius 3 is 2.48 bits per heavy atom. The Morgan fingerprint density at radius 1 is 1.06 bits per heavy atom. The van der Waals surface area contributed by atoms with Crippen molar-refractivity contribution in [2.45, 2.75) is 31.0 Å². The van der Waals surface area contributed by atoms with E-state index in [1.54, 1.807) is 16.4 Å². The molecule has 7 heteroatoms. The number of aryl methyl sites for hydroxylation is 1. The first kappa shape index (κ1) is 20.9. The van der Waals surface area contributed by atoms with Gasteiger partial charge in [0.2, 0.25) is 5.91 Å². The highest BCUT2D eigenvalue weighted by Gasteiger charge is 2.22. The predicted octanol–water partition coefficient (Wildman–Crippen LogP) is 4.46. The van der Waals surface area contributed by atoms with Crippen molar-refractivity contribution >= 4 is 34.3 Å². The molecular weight excluding hydrogens is 408 g/mol. The van der Waals surface area contributed by atoms with Crippen LogP contribution in [0.3, 0.4) is 0 Å². The van der Waals surface area contributed by atoms with E-state index >= 15 is 0 Å². The van der Waals surface area contributed by atoms with Gasteiger partial charge in [0.25, 0.3) is 5.56 Å². The van der Waals surface area contributed by atoms with E-state index in [0.717, 1.165) is 27.2 Å². The van der Waals surface area contributed by atoms with Crippen LogP contribution in [0.2, 0.25) is 0 Å². The molecule has 1 N–H and O–H groups in total. The molecule has 2 aromatic heterocycles.